The van der Waals surface area contributed by atoms with E-state index in [1.807, 2.05) is 13.8 Å². The Labute approximate surface area is 107 Å². The molecule has 4 heteroatoms. The summed E-state index contributed by atoms with van der Waals surface area (Å²) in [6, 6.07) is 5.04. The molecular weight excluding hydrogens is 230 g/mol. The van der Waals surface area contributed by atoms with Crippen molar-refractivity contribution < 1.29 is 14.6 Å². The lowest BCUT2D eigenvalue weighted by atomic mass is 10.1. The second-order valence-electron chi connectivity index (χ2n) is 4.92. The van der Waals surface area contributed by atoms with Crippen LogP contribution >= 0.6 is 0 Å². The summed E-state index contributed by atoms with van der Waals surface area (Å²) in [4.78, 5) is 14.2. The molecule has 0 radical (unpaired) electrons. The Bertz CT molecular complexity index is 448. The first-order valence-corrected chi connectivity index (χ1v) is 6.22. The first-order valence-electron chi connectivity index (χ1n) is 6.22. The zero-order valence-electron chi connectivity index (χ0n) is 11.0. The van der Waals surface area contributed by atoms with E-state index in [-0.39, 0.29) is 23.9 Å². The molecule has 0 aromatic heterocycles. The number of ether oxygens (including phenoxy) is 1. The maximum atomic E-state index is 12.4. The quantitative estimate of drug-likeness (QED) is 0.827. The molecule has 98 valence electrons. The molecule has 1 heterocycles. The van der Waals surface area contributed by atoms with Crippen LogP contribution < -0.4 is 0 Å². The number of benzene rings is 1. The van der Waals surface area contributed by atoms with E-state index in [1.165, 1.54) is 0 Å². The van der Waals surface area contributed by atoms with E-state index in [0.717, 1.165) is 0 Å². The Hall–Kier alpha value is -1.55. The predicted octanol–water partition coefficient (Wildman–Crippen LogP) is 1.95. The molecule has 1 aromatic carbocycles. The number of hydrogen-bond acceptors (Lipinski definition) is 3. The van der Waals surface area contributed by atoms with Gasteiger partial charge in [-0.05, 0) is 32.9 Å². The Morgan fingerprint density at radius 1 is 1.33 bits per heavy atom. The smallest absolute Gasteiger partial charge is 0.254 e. The number of phenols is 1. The molecule has 1 N–H and O–H groups in total. The van der Waals surface area contributed by atoms with Gasteiger partial charge in [0.2, 0.25) is 0 Å². The Morgan fingerprint density at radius 3 is 2.56 bits per heavy atom. The van der Waals surface area contributed by atoms with Crippen molar-refractivity contribution in [1.82, 2.24) is 4.90 Å². The standard InChI is InChI=1S/C14H19NO3/c1-9-7-15(8-10(2)18-9)14(17)12-5-4-6-13(16)11(12)3/h4-6,9-10,16H,7-8H2,1-3H3. The Balaban J connectivity index is 2.23. The molecule has 0 saturated carbocycles. The van der Waals surface area contributed by atoms with Crippen molar-refractivity contribution in [2.45, 2.75) is 33.0 Å². The van der Waals surface area contributed by atoms with Gasteiger partial charge in [-0.15, -0.1) is 0 Å². The Morgan fingerprint density at radius 2 is 1.94 bits per heavy atom. The van der Waals surface area contributed by atoms with Gasteiger partial charge in [0.1, 0.15) is 5.75 Å². The largest absolute Gasteiger partial charge is 0.508 e. The highest BCUT2D eigenvalue weighted by molar-refractivity contribution is 5.96. The van der Waals surface area contributed by atoms with Crippen LogP contribution in [0.2, 0.25) is 0 Å². The molecule has 1 aromatic rings. The van der Waals surface area contributed by atoms with E-state index in [4.69, 9.17) is 4.74 Å². The second-order valence-corrected chi connectivity index (χ2v) is 4.92. The van der Waals surface area contributed by atoms with Crippen LogP contribution in [-0.4, -0.2) is 41.2 Å². The molecule has 1 aliphatic heterocycles. The van der Waals surface area contributed by atoms with Crippen molar-refractivity contribution in [3.8, 4) is 5.75 Å². The summed E-state index contributed by atoms with van der Waals surface area (Å²) in [5, 5.41) is 9.66. The summed E-state index contributed by atoms with van der Waals surface area (Å²) in [6.07, 6.45) is 0.102. The second kappa shape index (κ2) is 4.98. The number of rotatable bonds is 1. The van der Waals surface area contributed by atoms with Crippen LogP contribution in [0.25, 0.3) is 0 Å². The first kappa shape index (κ1) is 12.9. The lowest BCUT2D eigenvalue weighted by Crippen LogP contribution is -2.48. The van der Waals surface area contributed by atoms with Gasteiger partial charge in [-0.25, -0.2) is 0 Å². The number of phenolic OH excluding ortho intramolecular Hbond substituents is 1. The summed E-state index contributed by atoms with van der Waals surface area (Å²) in [6.45, 7) is 6.88. The van der Waals surface area contributed by atoms with Gasteiger partial charge in [-0.2, -0.15) is 0 Å². The molecule has 4 nitrogen and oxygen atoms in total. The van der Waals surface area contributed by atoms with Gasteiger partial charge < -0.3 is 14.7 Å². The topological polar surface area (TPSA) is 49.8 Å². The van der Waals surface area contributed by atoms with Gasteiger partial charge in [-0.1, -0.05) is 6.07 Å². The van der Waals surface area contributed by atoms with Gasteiger partial charge in [-0.3, -0.25) is 4.79 Å². The molecule has 1 aliphatic rings. The van der Waals surface area contributed by atoms with E-state index in [9.17, 15) is 9.90 Å². The third kappa shape index (κ3) is 2.48. The monoisotopic (exact) mass is 249 g/mol. The van der Waals surface area contributed by atoms with Crippen molar-refractivity contribution in [3.05, 3.63) is 29.3 Å². The molecule has 0 aliphatic carbocycles. The molecule has 1 fully saturated rings. The zero-order chi connectivity index (χ0) is 13.3. The molecule has 2 unspecified atom stereocenters. The van der Waals surface area contributed by atoms with Crippen LogP contribution in [0.1, 0.15) is 29.8 Å². The average Bonchev–Trinajstić information content (AvgIpc) is 2.30. The van der Waals surface area contributed by atoms with Crippen molar-refractivity contribution in [1.29, 1.82) is 0 Å². The summed E-state index contributed by atoms with van der Waals surface area (Å²) < 4.78 is 5.61. The van der Waals surface area contributed by atoms with Crippen LogP contribution in [0.3, 0.4) is 0 Å². The minimum atomic E-state index is -0.0367. The van der Waals surface area contributed by atoms with E-state index in [0.29, 0.717) is 24.2 Å². The lowest BCUT2D eigenvalue weighted by molar-refractivity contribution is -0.0586. The van der Waals surface area contributed by atoms with Crippen LogP contribution in [0.15, 0.2) is 18.2 Å². The third-order valence-corrected chi connectivity index (χ3v) is 3.24. The fraction of sp³-hybridized carbons (Fsp3) is 0.500. The van der Waals surface area contributed by atoms with Gasteiger partial charge in [0, 0.05) is 24.2 Å². The number of aromatic hydroxyl groups is 1. The SMILES string of the molecule is Cc1c(O)cccc1C(=O)N1CC(C)OC(C)C1. The van der Waals surface area contributed by atoms with E-state index in [1.54, 1.807) is 30.0 Å². The minimum absolute atomic E-state index is 0.0367. The number of morpholine rings is 1. The average molecular weight is 249 g/mol. The van der Waals surface area contributed by atoms with Crippen molar-refractivity contribution in [2.24, 2.45) is 0 Å². The third-order valence-electron chi connectivity index (χ3n) is 3.24. The zero-order valence-corrected chi connectivity index (χ0v) is 11.0. The number of amides is 1. The predicted molar refractivity (Wildman–Crippen MR) is 68.8 cm³/mol. The van der Waals surface area contributed by atoms with Gasteiger partial charge >= 0.3 is 0 Å². The molecule has 1 amide bonds. The van der Waals surface area contributed by atoms with E-state index in [2.05, 4.69) is 0 Å². The van der Waals surface area contributed by atoms with Crippen LogP contribution in [0.5, 0.6) is 5.75 Å². The first-order chi connectivity index (χ1) is 8.49. The lowest BCUT2D eigenvalue weighted by Gasteiger charge is -2.35. The normalized spacial score (nSPS) is 24.1. The van der Waals surface area contributed by atoms with Crippen LogP contribution in [0, 0.1) is 6.92 Å². The van der Waals surface area contributed by atoms with Crippen molar-refractivity contribution >= 4 is 5.91 Å². The van der Waals surface area contributed by atoms with E-state index >= 15 is 0 Å². The minimum Gasteiger partial charge on any atom is -0.508 e. The molecule has 0 spiro atoms. The summed E-state index contributed by atoms with van der Waals surface area (Å²) in [5.74, 6) is 0.126. The number of carbonyl (C=O) groups excluding carboxylic acids is 1. The highest BCUT2D eigenvalue weighted by atomic mass is 16.5. The van der Waals surface area contributed by atoms with Gasteiger partial charge in [0.05, 0.1) is 12.2 Å². The van der Waals surface area contributed by atoms with E-state index < -0.39 is 0 Å². The molecule has 1 saturated heterocycles. The number of carbonyl (C=O) groups is 1. The summed E-state index contributed by atoms with van der Waals surface area (Å²) in [7, 11) is 0. The number of hydrogen-bond donors (Lipinski definition) is 1. The van der Waals surface area contributed by atoms with Gasteiger partial charge in [0.15, 0.2) is 0 Å². The molecule has 2 rings (SSSR count). The highest BCUT2D eigenvalue weighted by Gasteiger charge is 2.27. The summed E-state index contributed by atoms with van der Waals surface area (Å²) in [5.41, 5.74) is 1.20. The fourth-order valence-electron chi connectivity index (χ4n) is 2.37. The van der Waals surface area contributed by atoms with Crippen LogP contribution in [-0.2, 0) is 4.74 Å². The van der Waals surface area contributed by atoms with Crippen molar-refractivity contribution in [2.75, 3.05) is 13.1 Å². The van der Waals surface area contributed by atoms with Crippen molar-refractivity contribution in [3.63, 3.8) is 0 Å². The molecule has 18 heavy (non-hydrogen) atoms. The number of nitrogens with zero attached hydrogens (tertiary/aromatic N) is 1. The fourth-order valence-corrected chi connectivity index (χ4v) is 2.37. The van der Waals surface area contributed by atoms with Crippen LogP contribution in [0.4, 0.5) is 0 Å². The van der Waals surface area contributed by atoms with Gasteiger partial charge in [0.25, 0.3) is 5.91 Å². The summed E-state index contributed by atoms with van der Waals surface area (Å²) >= 11 is 0. The maximum absolute atomic E-state index is 12.4. The molecule has 2 atom stereocenters. The maximum Gasteiger partial charge on any atom is 0.254 e. The molecule has 0 bridgehead atoms. The Kier molecular flexibility index (Phi) is 3.57. The molecular formula is C14H19NO3. The highest BCUT2D eigenvalue weighted by Crippen LogP contribution is 2.22.